The van der Waals surface area contributed by atoms with Gasteiger partial charge in [-0.25, -0.2) is 12.8 Å². The van der Waals surface area contributed by atoms with Crippen molar-refractivity contribution in [1.82, 2.24) is 10.2 Å². The number of carbonyl (C=O) groups is 2. The van der Waals surface area contributed by atoms with E-state index in [2.05, 4.69) is 40.0 Å². The fraction of sp³-hybridized carbons (Fsp3) is 0.439. The Balaban J connectivity index is 1.08. The van der Waals surface area contributed by atoms with E-state index in [-0.39, 0.29) is 33.4 Å². The van der Waals surface area contributed by atoms with Crippen molar-refractivity contribution in [3.8, 4) is 6.07 Å². The van der Waals surface area contributed by atoms with Crippen LogP contribution in [-0.4, -0.2) is 63.4 Å². The minimum Gasteiger partial charge on any atom is -0.371 e. The fourth-order valence-corrected chi connectivity index (χ4v) is 10.2. The molecule has 0 bridgehead atoms. The number of piperidine rings is 1. The van der Waals surface area contributed by atoms with Crippen LogP contribution in [0.25, 0.3) is 0 Å². The van der Waals surface area contributed by atoms with Gasteiger partial charge in [0, 0.05) is 54.8 Å². The van der Waals surface area contributed by atoms with Gasteiger partial charge in [0.15, 0.2) is 0 Å². The Morgan fingerprint density at radius 1 is 1.04 bits per heavy atom. The first-order valence-corrected chi connectivity index (χ1v) is 19.7. The Kier molecular flexibility index (Phi) is 10.9. The van der Waals surface area contributed by atoms with Crippen LogP contribution in [0.3, 0.4) is 0 Å². The first kappa shape index (κ1) is 37.2. The molecule has 2 N–H and O–H groups in total. The molecule has 274 valence electrons. The second-order valence-electron chi connectivity index (χ2n) is 14.8. The zero-order chi connectivity index (χ0) is 37.1. The molecule has 1 aliphatic carbocycles. The van der Waals surface area contributed by atoms with Gasteiger partial charge in [0.2, 0.25) is 21.7 Å². The summed E-state index contributed by atoms with van der Waals surface area (Å²) in [5, 5.41) is 16.9. The lowest BCUT2D eigenvalue weighted by Crippen LogP contribution is -2.58. The van der Waals surface area contributed by atoms with Gasteiger partial charge in [-0.05, 0) is 118 Å². The van der Waals surface area contributed by atoms with E-state index in [0.717, 1.165) is 82.2 Å². The molecule has 6 rings (SSSR count). The number of nitrogens with zero attached hydrogens (tertiary/aromatic N) is 3. The van der Waals surface area contributed by atoms with Crippen molar-refractivity contribution < 1.29 is 22.4 Å². The highest BCUT2D eigenvalue weighted by Crippen LogP contribution is 2.54. The lowest BCUT2D eigenvalue weighted by Gasteiger charge is -2.50. The van der Waals surface area contributed by atoms with Crippen LogP contribution in [0.15, 0.2) is 95.2 Å². The lowest BCUT2D eigenvalue weighted by molar-refractivity contribution is -0.123. The van der Waals surface area contributed by atoms with Gasteiger partial charge in [-0.15, -0.1) is 0 Å². The molecule has 3 aliphatic rings. The second-order valence-corrected chi connectivity index (χ2v) is 16.8. The number of halogens is 1. The molecule has 1 saturated carbocycles. The number of carbonyl (C=O) groups excluding carboxylic acids is 2. The molecule has 3 atom stereocenters. The average Bonchev–Trinajstić information content (AvgIpc) is 3.51. The Hall–Kier alpha value is -4.53. The van der Waals surface area contributed by atoms with Gasteiger partial charge in [0.1, 0.15) is 5.82 Å². The van der Waals surface area contributed by atoms with Crippen LogP contribution in [0.5, 0.6) is 0 Å². The number of rotatable bonds is 12. The number of sulfone groups is 1. The quantitative estimate of drug-likeness (QED) is 0.205. The van der Waals surface area contributed by atoms with E-state index in [9.17, 15) is 27.7 Å². The number of hydrogen-bond acceptors (Lipinski definition) is 7. The highest BCUT2D eigenvalue weighted by Gasteiger charge is 2.57. The maximum atomic E-state index is 14.7. The second kappa shape index (κ2) is 15.2. The van der Waals surface area contributed by atoms with Gasteiger partial charge in [0.05, 0.1) is 21.3 Å². The third kappa shape index (κ3) is 7.37. The lowest BCUT2D eigenvalue weighted by atomic mass is 9.56. The van der Waals surface area contributed by atoms with Gasteiger partial charge in [-0.1, -0.05) is 38.1 Å². The Bertz CT molecular complexity index is 1950. The number of amides is 2. The maximum Gasteiger partial charge on any atom is 0.247 e. The third-order valence-corrected chi connectivity index (χ3v) is 13.3. The highest BCUT2D eigenvalue weighted by molar-refractivity contribution is 7.91. The zero-order valence-corrected chi connectivity index (χ0v) is 30.8. The van der Waals surface area contributed by atoms with Gasteiger partial charge in [-0.3, -0.25) is 9.59 Å². The summed E-state index contributed by atoms with van der Waals surface area (Å²) in [6, 6.07) is 22.4. The Labute approximate surface area is 306 Å². The summed E-state index contributed by atoms with van der Waals surface area (Å²) in [6.07, 6.45) is 5.64. The first-order chi connectivity index (χ1) is 24.9. The van der Waals surface area contributed by atoms with Gasteiger partial charge < -0.3 is 20.4 Å². The SMILES string of the molecule is C=CC(=O)Nc1cccc(S(=O)(=O)c2ccc(N3CC(CN4CCC([C@@](C#N)(c5cccc(F)c5)[C@H]5CCC[C@@]5(C)NC(=O)CC)CC4)C3)cc2)c1. The third-order valence-electron chi connectivity index (χ3n) is 11.6. The predicted molar refractivity (Wildman–Crippen MR) is 200 cm³/mol. The van der Waals surface area contributed by atoms with Crippen LogP contribution in [0, 0.1) is 34.9 Å². The van der Waals surface area contributed by atoms with E-state index in [1.165, 1.54) is 24.3 Å². The molecule has 0 unspecified atom stereocenters. The van der Waals surface area contributed by atoms with E-state index in [1.807, 2.05) is 25.1 Å². The molecule has 2 heterocycles. The highest BCUT2D eigenvalue weighted by atomic mass is 32.2. The summed E-state index contributed by atoms with van der Waals surface area (Å²) in [5.74, 6) is -0.434. The van der Waals surface area contributed by atoms with Crippen molar-refractivity contribution in [1.29, 1.82) is 5.26 Å². The molecule has 11 heteroatoms. The summed E-state index contributed by atoms with van der Waals surface area (Å²) in [4.78, 5) is 29.3. The monoisotopic (exact) mass is 725 g/mol. The average molecular weight is 726 g/mol. The standard InChI is InChI=1S/C41H48FN5O4S/c1-4-38(48)44-33-11-7-12-36(24-33)52(50,51)35-16-14-34(15-17-35)47-26-29(27-47)25-46-21-18-30(19-22-46)41(28-43,31-9-6-10-32(42)23-31)37-13-8-20-40(37,3)45-39(49)5-2/h4,6-7,9-12,14-17,23-24,29-30,37H,1,5,8,13,18-22,25-27H2,2-3H3,(H,44,48)(H,45,49)/t37-,40+,41-/m0/s1. The summed E-state index contributed by atoms with van der Waals surface area (Å²) in [7, 11) is -3.78. The summed E-state index contributed by atoms with van der Waals surface area (Å²) < 4.78 is 41.4. The van der Waals surface area contributed by atoms with Crippen molar-refractivity contribution in [3.63, 3.8) is 0 Å². The van der Waals surface area contributed by atoms with Crippen LogP contribution in [0.2, 0.25) is 0 Å². The van der Waals surface area contributed by atoms with Crippen molar-refractivity contribution in [2.75, 3.05) is 42.9 Å². The molecule has 2 aliphatic heterocycles. The van der Waals surface area contributed by atoms with Crippen molar-refractivity contribution in [3.05, 3.63) is 96.8 Å². The maximum absolute atomic E-state index is 14.7. The number of nitrogens with one attached hydrogen (secondary N) is 2. The molecule has 3 fully saturated rings. The number of benzene rings is 3. The summed E-state index contributed by atoms with van der Waals surface area (Å²) in [5.41, 5.74) is 0.599. The van der Waals surface area contributed by atoms with Crippen LogP contribution < -0.4 is 15.5 Å². The molecule has 3 aromatic carbocycles. The first-order valence-electron chi connectivity index (χ1n) is 18.3. The molecule has 52 heavy (non-hydrogen) atoms. The normalized spacial score (nSPS) is 22.5. The van der Waals surface area contributed by atoms with E-state index >= 15 is 0 Å². The van der Waals surface area contributed by atoms with E-state index < -0.39 is 26.7 Å². The molecule has 0 aromatic heterocycles. The smallest absolute Gasteiger partial charge is 0.247 e. The molecular weight excluding hydrogens is 678 g/mol. The number of hydrogen-bond donors (Lipinski definition) is 2. The van der Waals surface area contributed by atoms with Crippen LogP contribution in [0.1, 0.15) is 57.9 Å². The van der Waals surface area contributed by atoms with Crippen LogP contribution in [-0.2, 0) is 24.8 Å². The Morgan fingerprint density at radius 2 is 1.75 bits per heavy atom. The fourth-order valence-electron chi connectivity index (χ4n) is 8.89. The largest absolute Gasteiger partial charge is 0.371 e. The molecular formula is C41H48FN5O4S. The zero-order valence-electron chi connectivity index (χ0n) is 30.0. The molecule has 0 spiro atoms. The molecule has 2 saturated heterocycles. The summed E-state index contributed by atoms with van der Waals surface area (Å²) >= 11 is 0. The topological polar surface area (TPSA) is 123 Å². The minimum absolute atomic E-state index is 0.0240. The molecule has 0 radical (unpaired) electrons. The van der Waals surface area contributed by atoms with Crippen LogP contribution >= 0.6 is 0 Å². The Morgan fingerprint density at radius 3 is 2.40 bits per heavy atom. The predicted octanol–water partition coefficient (Wildman–Crippen LogP) is 6.48. The van der Waals surface area contributed by atoms with Crippen molar-refractivity contribution >= 4 is 33.0 Å². The molecule has 3 aromatic rings. The van der Waals surface area contributed by atoms with Crippen molar-refractivity contribution in [2.24, 2.45) is 17.8 Å². The molecule has 9 nitrogen and oxygen atoms in total. The minimum atomic E-state index is -3.78. The number of likely N-dealkylation sites (tertiary alicyclic amines) is 1. The van der Waals surface area contributed by atoms with Crippen LogP contribution in [0.4, 0.5) is 15.8 Å². The number of anilines is 2. The van der Waals surface area contributed by atoms with E-state index in [1.54, 1.807) is 30.3 Å². The van der Waals surface area contributed by atoms with E-state index in [0.29, 0.717) is 18.0 Å². The van der Waals surface area contributed by atoms with Gasteiger partial charge in [-0.2, -0.15) is 5.26 Å². The van der Waals surface area contributed by atoms with E-state index in [4.69, 9.17) is 0 Å². The van der Waals surface area contributed by atoms with Gasteiger partial charge in [0.25, 0.3) is 0 Å². The summed E-state index contributed by atoms with van der Waals surface area (Å²) in [6.45, 7) is 11.7. The molecule has 2 amide bonds. The van der Waals surface area contributed by atoms with Gasteiger partial charge >= 0.3 is 0 Å². The van der Waals surface area contributed by atoms with Crippen molar-refractivity contribution in [2.45, 2.75) is 73.1 Å². The number of nitriles is 1.